The third-order valence-corrected chi connectivity index (χ3v) is 4.08. The van der Waals surface area contributed by atoms with E-state index in [9.17, 15) is 13.6 Å². The molecular formula is C16H14ClF2IN2O3. The fourth-order valence-corrected chi connectivity index (χ4v) is 2.80. The van der Waals surface area contributed by atoms with Crippen LogP contribution in [0.3, 0.4) is 0 Å². The summed E-state index contributed by atoms with van der Waals surface area (Å²) in [6.07, 6.45) is 0.321. The molecular weight excluding hydrogens is 469 g/mol. The molecule has 0 heterocycles. The van der Waals surface area contributed by atoms with Gasteiger partial charge in [0.1, 0.15) is 0 Å². The molecule has 9 heteroatoms. The summed E-state index contributed by atoms with van der Waals surface area (Å²) in [7, 11) is 0. The topological polar surface area (TPSA) is 70.6 Å². The molecule has 0 fully saturated rings. The highest BCUT2D eigenvalue weighted by Crippen LogP contribution is 2.31. The van der Waals surface area contributed by atoms with Crippen molar-refractivity contribution in [2.24, 2.45) is 0 Å². The van der Waals surface area contributed by atoms with E-state index in [0.29, 0.717) is 17.1 Å². The highest BCUT2D eigenvalue weighted by Gasteiger charge is 2.20. The predicted octanol–water partition coefficient (Wildman–Crippen LogP) is 4.01. The first-order chi connectivity index (χ1) is 11.9. The molecule has 5 nitrogen and oxygen atoms in total. The van der Waals surface area contributed by atoms with E-state index in [-0.39, 0.29) is 24.5 Å². The van der Waals surface area contributed by atoms with Crippen molar-refractivity contribution in [3.05, 3.63) is 56.1 Å². The number of carbonyl (C=O) groups excluding carboxylic acids is 1. The minimum absolute atomic E-state index is 0.0810. The number of anilines is 2. The summed E-state index contributed by atoms with van der Waals surface area (Å²) >= 11 is 8.15. The number of aliphatic hydroxyl groups excluding tert-OH is 1. The number of hydrogen-bond acceptors (Lipinski definition) is 4. The fourth-order valence-electron chi connectivity index (χ4n) is 1.90. The van der Waals surface area contributed by atoms with Gasteiger partial charge in [0.2, 0.25) is 0 Å². The number of carbonyl (C=O) groups is 1. The molecule has 0 spiro atoms. The third-order valence-electron chi connectivity index (χ3n) is 3.10. The first-order valence-corrected chi connectivity index (χ1v) is 8.62. The van der Waals surface area contributed by atoms with Crippen LogP contribution < -0.4 is 10.8 Å². The molecule has 0 bridgehead atoms. The molecule has 134 valence electrons. The molecule has 2 rings (SSSR count). The first-order valence-electron chi connectivity index (χ1n) is 7.17. The van der Waals surface area contributed by atoms with Gasteiger partial charge in [0.15, 0.2) is 11.6 Å². The Bertz CT molecular complexity index is 777. The van der Waals surface area contributed by atoms with E-state index in [2.05, 4.69) is 33.4 Å². The molecule has 0 radical (unpaired) electrons. The van der Waals surface area contributed by atoms with Gasteiger partial charge in [0.25, 0.3) is 5.91 Å². The summed E-state index contributed by atoms with van der Waals surface area (Å²) in [5, 5.41) is 11.6. The molecule has 2 aromatic carbocycles. The predicted molar refractivity (Wildman–Crippen MR) is 98.9 cm³/mol. The smallest absolute Gasteiger partial charge is 0.277 e. The van der Waals surface area contributed by atoms with Gasteiger partial charge in [-0.1, -0.05) is 11.6 Å². The Hall–Kier alpha value is -1.49. The standard InChI is InChI=1S/C16H14ClF2IN2O3/c17-11-8-9(20)2-5-13(11)21-15-10(3-4-12(18)14(15)19)16(24)22-25-7-1-6-23/h2-5,8,21,23H,1,6-7H2,(H,22,24). The maximum absolute atomic E-state index is 14.2. The normalized spacial score (nSPS) is 10.6. The molecule has 0 aliphatic rings. The van der Waals surface area contributed by atoms with Crippen molar-refractivity contribution in [1.29, 1.82) is 0 Å². The van der Waals surface area contributed by atoms with E-state index in [1.165, 1.54) is 0 Å². The minimum atomic E-state index is -1.21. The van der Waals surface area contributed by atoms with Crippen LogP contribution in [0.5, 0.6) is 0 Å². The molecule has 25 heavy (non-hydrogen) atoms. The van der Waals surface area contributed by atoms with Crippen molar-refractivity contribution in [3.8, 4) is 0 Å². The van der Waals surface area contributed by atoms with Gasteiger partial charge in [-0.25, -0.2) is 14.3 Å². The van der Waals surface area contributed by atoms with Gasteiger partial charge in [0.05, 0.1) is 28.6 Å². The monoisotopic (exact) mass is 482 g/mol. The number of benzene rings is 2. The largest absolute Gasteiger partial charge is 0.396 e. The molecule has 0 unspecified atom stereocenters. The molecule has 0 aromatic heterocycles. The lowest BCUT2D eigenvalue weighted by molar-refractivity contribution is 0.0262. The number of hydroxylamine groups is 1. The van der Waals surface area contributed by atoms with Crippen molar-refractivity contribution in [3.63, 3.8) is 0 Å². The Labute approximate surface area is 161 Å². The van der Waals surface area contributed by atoms with E-state index < -0.39 is 17.5 Å². The second-order valence-electron chi connectivity index (χ2n) is 4.89. The molecule has 1 amide bonds. The molecule has 0 aliphatic carbocycles. The summed E-state index contributed by atoms with van der Waals surface area (Å²) in [5.41, 5.74) is 1.93. The minimum Gasteiger partial charge on any atom is -0.396 e. The van der Waals surface area contributed by atoms with Crippen LogP contribution in [0.15, 0.2) is 30.3 Å². The molecule has 0 saturated carbocycles. The van der Waals surface area contributed by atoms with E-state index in [0.717, 1.165) is 15.7 Å². The Morgan fingerprint density at radius 3 is 2.72 bits per heavy atom. The Morgan fingerprint density at radius 1 is 1.28 bits per heavy atom. The maximum atomic E-state index is 14.2. The second-order valence-corrected chi connectivity index (χ2v) is 6.54. The van der Waals surface area contributed by atoms with Crippen LogP contribution in [0, 0.1) is 15.2 Å². The van der Waals surface area contributed by atoms with Gasteiger partial charge in [-0.3, -0.25) is 9.63 Å². The lowest BCUT2D eigenvalue weighted by atomic mass is 10.1. The van der Waals surface area contributed by atoms with Crippen LogP contribution in [0.1, 0.15) is 16.8 Å². The van der Waals surface area contributed by atoms with Crippen molar-refractivity contribution in [2.75, 3.05) is 18.5 Å². The molecule has 0 aliphatic heterocycles. The van der Waals surface area contributed by atoms with Gasteiger partial charge in [-0.15, -0.1) is 0 Å². The molecule has 2 aromatic rings. The average molecular weight is 483 g/mol. The van der Waals surface area contributed by atoms with Gasteiger partial charge in [0, 0.05) is 10.2 Å². The lowest BCUT2D eigenvalue weighted by Crippen LogP contribution is -2.25. The van der Waals surface area contributed by atoms with Crippen LogP contribution in [-0.4, -0.2) is 24.2 Å². The highest BCUT2D eigenvalue weighted by atomic mass is 127. The van der Waals surface area contributed by atoms with Crippen LogP contribution in [0.4, 0.5) is 20.2 Å². The molecule has 0 saturated heterocycles. The summed E-state index contributed by atoms with van der Waals surface area (Å²) < 4.78 is 28.7. The van der Waals surface area contributed by atoms with E-state index >= 15 is 0 Å². The number of aliphatic hydroxyl groups is 1. The van der Waals surface area contributed by atoms with Gasteiger partial charge in [-0.05, 0) is 59.3 Å². The van der Waals surface area contributed by atoms with Crippen LogP contribution in [0.2, 0.25) is 5.02 Å². The summed E-state index contributed by atoms with van der Waals surface area (Å²) in [5.74, 6) is -3.08. The highest BCUT2D eigenvalue weighted by molar-refractivity contribution is 14.1. The Balaban J connectivity index is 2.29. The van der Waals surface area contributed by atoms with Crippen molar-refractivity contribution in [1.82, 2.24) is 5.48 Å². The zero-order valence-electron chi connectivity index (χ0n) is 12.8. The number of nitrogens with one attached hydrogen (secondary N) is 2. The van der Waals surface area contributed by atoms with Gasteiger partial charge < -0.3 is 10.4 Å². The summed E-state index contributed by atoms with van der Waals surface area (Å²) in [6, 6.07) is 6.93. The molecule has 0 atom stereocenters. The van der Waals surface area contributed by atoms with E-state index in [4.69, 9.17) is 21.5 Å². The quantitative estimate of drug-likeness (QED) is 0.317. The van der Waals surface area contributed by atoms with Crippen LogP contribution in [0.25, 0.3) is 0 Å². The Kier molecular flexibility index (Phi) is 7.36. The number of hydrogen-bond donors (Lipinski definition) is 3. The lowest BCUT2D eigenvalue weighted by Gasteiger charge is -2.14. The first kappa shape index (κ1) is 19.8. The zero-order chi connectivity index (χ0) is 18.4. The maximum Gasteiger partial charge on any atom is 0.277 e. The molecule has 3 N–H and O–H groups in total. The number of halogens is 4. The van der Waals surface area contributed by atoms with E-state index in [1.807, 2.05) is 0 Å². The van der Waals surface area contributed by atoms with Crippen molar-refractivity contribution in [2.45, 2.75) is 6.42 Å². The number of amides is 1. The van der Waals surface area contributed by atoms with Crippen molar-refractivity contribution >= 4 is 51.5 Å². The Morgan fingerprint density at radius 2 is 2.04 bits per heavy atom. The average Bonchev–Trinajstić information content (AvgIpc) is 2.58. The van der Waals surface area contributed by atoms with Crippen molar-refractivity contribution < 1.29 is 23.5 Å². The second kappa shape index (κ2) is 9.27. The SMILES string of the molecule is O=C(NOCCCO)c1ccc(F)c(F)c1Nc1ccc(I)cc1Cl. The van der Waals surface area contributed by atoms with Gasteiger partial charge >= 0.3 is 0 Å². The van der Waals surface area contributed by atoms with Gasteiger partial charge in [-0.2, -0.15) is 0 Å². The summed E-state index contributed by atoms with van der Waals surface area (Å²) in [4.78, 5) is 17.0. The van der Waals surface area contributed by atoms with Crippen LogP contribution >= 0.6 is 34.2 Å². The fraction of sp³-hybridized carbons (Fsp3) is 0.188. The third kappa shape index (κ3) is 5.24. The zero-order valence-corrected chi connectivity index (χ0v) is 15.7. The summed E-state index contributed by atoms with van der Waals surface area (Å²) in [6.45, 7) is -0.0171. The van der Waals surface area contributed by atoms with Crippen LogP contribution in [-0.2, 0) is 4.84 Å². The number of rotatable bonds is 7. The van der Waals surface area contributed by atoms with E-state index in [1.54, 1.807) is 18.2 Å².